The Balaban J connectivity index is 1.79. The summed E-state index contributed by atoms with van der Waals surface area (Å²) in [5.41, 5.74) is 2.89. The minimum absolute atomic E-state index is 0.0188. The fraction of sp³-hybridized carbons (Fsp3) is 0.208. The minimum atomic E-state index is -0.323. The van der Waals surface area contributed by atoms with E-state index in [1.165, 1.54) is 0 Å². The van der Waals surface area contributed by atoms with E-state index in [9.17, 15) is 4.79 Å². The summed E-state index contributed by atoms with van der Waals surface area (Å²) in [6.45, 7) is 1.90. The molecule has 0 aliphatic rings. The number of nitrogens with one attached hydrogen (secondary N) is 1. The molecule has 0 aliphatic heterocycles. The van der Waals surface area contributed by atoms with Gasteiger partial charge in [-0.25, -0.2) is 0 Å². The second-order valence-corrected chi connectivity index (χ2v) is 6.84. The molecule has 3 aromatic rings. The first-order chi connectivity index (χ1) is 14.1. The molecule has 5 heteroatoms. The van der Waals surface area contributed by atoms with Crippen LogP contribution >= 0.6 is 0 Å². The highest BCUT2D eigenvalue weighted by Gasteiger charge is 2.25. The molecule has 29 heavy (non-hydrogen) atoms. The van der Waals surface area contributed by atoms with Crippen LogP contribution in [0.3, 0.4) is 0 Å². The van der Waals surface area contributed by atoms with E-state index in [1.807, 2.05) is 43.3 Å². The zero-order valence-electron chi connectivity index (χ0n) is 17.0. The molecule has 0 aromatic heterocycles. The van der Waals surface area contributed by atoms with Crippen molar-refractivity contribution in [1.29, 1.82) is 0 Å². The number of hydrogen-bond donors (Lipinski definition) is 2. The third kappa shape index (κ3) is 5.15. The summed E-state index contributed by atoms with van der Waals surface area (Å²) in [6.07, 6.45) is 0. The standard InChI is InChI=1S/C24H26N2O3/c1-17(24(27)26-21-16-20(28-2)14-15-22(21)29-3)25-23(18-10-6-4-7-11-18)19-12-8-5-9-13-19/h4-17,23,25H,1-3H3,(H,26,27)/p+1/t17-/m0/s1. The molecular weight excluding hydrogens is 364 g/mol. The lowest BCUT2D eigenvalue weighted by molar-refractivity contribution is -0.704. The Bertz CT molecular complexity index is 890. The predicted octanol–water partition coefficient (Wildman–Crippen LogP) is 3.38. The number of hydrogen-bond acceptors (Lipinski definition) is 3. The predicted molar refractivity (Wildman–Crippen MR) is 114 cm³/mol. The molecule has 0 fully saturated rings. The molecule has 0 radical (unpaired) electrons. The van der Waals surface area contributed by atoms with Crippen LogP contribution in [0.15, 0.2) is 78.9 Å². The average Bonchev–Trinajstić information content (AvgIpc) is 2.78. The van der Waals surface area contributed by atoms with Gasteiger partial charge in [0.25, 0.3) is 5.91 Å². The Kier molecular flexibility index (Phi) is 6.87. The molecule has 0 saturated carbocycles. The lowest BCUT2D eigenvalue weighted by Crippen LogP contribution is -2.92. The lowest BCUT2D eigenvalue weighted by atomic mass is 9.98. The number of ether oxygens (including phenoxy) is 2. The van der Waals surface area contributed by atoms with Gasteiger partial charge in [-0.2, -0.15) is 0 Å². The maximum absolute atomic E-state index is 12.9. The zero-order chi connectivity index (χ0) is 20.6. The minimum Gasteiger partial charge on any atom is -0.497 e. The van der Waals surface area contributed by atoms with Crippen molar-refractivity contribution in [3.63, 3.8) is 0 Å². The quantitative estimate of drug-likeness (QED) is 0.619. The lowest BCUT2D eigenvalue weighted by Gasteiger charge is -2.21. The van der Waals surface area contributed by atoms with Crippen LogP contribution in [0.2, 0.25) is 0 Å². The monoisotopic (exact) mass is 391 g/mol. The van der Waals surface area contributed by atoms with Crippen LogP contribution in [0.1, 0.15) is 24.1 Å². The topological polar surface area (TPSA) is 64.2 Å². The van der Waals surface area contributed by atoms with Gasteiger partial charge < -0.3 is 20.1 Å². The molecule has 3 aromatic carbocycles. The largest absolute Gasteiger partial charge is 0.497 e. The molecule has 0 heterocycles. The third-order valence-electron chi connectivity index (χ3n) is 4.88. The van der Waals surface area contributed by atoms with Crippen LogP contribution in [-0.2, 0) is 4.79 Å². The number of rotatable bonds is 8. The smallest absolute Gasteiger partial charge is 0.282 e. The number of quaternary nitrogens is 1. The van der Waals surface area contributed by atoms with Crippen molar-refractivity contribution in [2.45, 2.75) is 19.0 Å². The van der Waals surface area contributed by atoms with Crippen molar-refractivity contribution >= 4 is 11.6 Å². The van der Waals surface area contributed by atoms with Crippen LogP contribution in [0.5, 0.6) is 11.5 Å². The average molecular weight is 391 g/mol. The van der Waals surface area contributed by atoms with Crippen LogP contribution < -0.4 is 20.1 Å². The molecule has 0 saturated heterocycles. The Morgan fingerprint density at radius 1 is 0.862 bits per heavy atom. The fourth-order valence-electron chi connectivity index (χ4n) is 3.27. The Morgan fingerprint density at radius 3 is 1.97 bits per heavy atom. The molecule has 3 rings (SSSR count). The number of carbonyl (C=O) groups is 1. The number of amides is 1. The van der Waals surface area contributed by atoms with Crippen molar-refractivity contribution in [3.05, 3.63) is 90.0 Å². The van der Waals surface area contributed by atoms with Crippen molar-refractivity contribution in [1.82, 2.24) is 0 Å². The van der Waals surface area contributed by atoms with E-state index in [0.717, 1.165) is 11.1 Å². The summed E-state index contributed by atoms with van der Waals surface area (Å²) < 4.78 is 10.6. The number of methoxy groups -OCH3 is 2. The molecule has 5 nitrogen and oxygen atoms in total. The SMILES string of the molecule is COc1ccc(OC)c(NC(=O)[C@H](C)[NH2+]C(c2ccccc2)c2ccccc2)c1. The summed E-state index contributed by atoms with van der Waals surface area (Å²) in [5.74, 6) is 1.15. The fourth-order valence-corrected chi connectivity index (χ4v) is 3.27. The molecule has 1 amide bonds. The summed E-state index contributed by atoms with van der Waals surface area (Å²) >= 11 is 0. The van der Waals surface area contributed by atoms with Crippen molar-refractivity contribution in [3.8, 4) is 11.5 Å². The van der Waals surface area contributed by atoms with Crippen molar-refractivity contribution < 1.29 is 19.6 Å². The van der Waals surface area contributed by atoms with Crippen LogP contribution in [0.4, 0.5) is 5.69 Å². The van der Waals surface area contributed by atoms with Gasteiger partial charge in [-0.05, 0) is 19.1 Å². The van der Waals surface area contributed by atoms with Crippen LogP contribution in [0, 0.1) is 0 Å². The van der Waals surface area contributed by atoms with Gasteiger partial charge in [0.05, 0.1) is 19.9 Å². The number of anilines is 1. The molecule has 0 spiro atoms. The molecule has 0 aliphatic carbocycles. The van der Waals surface area contributed by atoms with Crippen LogP contribution in [-0.4, -0.2) is 26.2 Å². The molecule has 150 valence electrons. The summed E-state index contributed by atoms with van der Waals surface area (Å²) in [7, 11) is 3.17. The highest BCUT2D eigenvalue weighted by atomic mass is 16.5. The summed E-state index contributed by atoms with van der Waals surface area (Å²) in [5, 5.41) is 5.05. The first-order valence-corrected chi connectivity index (χ1v) is 9.60. The maximum Gasteiger partial charge on any atom is 0.282 e. The number of benzene rings is 3. The molecule has 3 N–H and O–H groups in total. The van der Waals surface area contributed by atoms with Crippen molar-refractivity contribution in [2.75, 3.05) is 19.5 Å². The second-order valence-electron chi connectivity index (χ2n) is 6.84. The zero-order valence-corrected chi connectivity index (χ0v) is 17.0. The first-order valence-electron chi connectivity index (χ1n) is 9.60. The molecule has 0 bridgehead atoms. The summed E-state index contributed by atoms with van der Waals surface area (Å²) in [6, 6.07) is 25.4. The maximum atomic E-state index is 12.9. The highest BCUT2D eigenvalue weighted by molar-refractivity contribution is 5.95. The highest BCUT2D eigenvalue weighted by Crippen LogP contribution is 2.29. The Labute approximate surface area is 171 Å². The number of carbonyl (C=O) groups excluding carboxylic acids is 1. The van der Waals surface area contributed by atoms with Crippen LogP contribution in [0.25, 0.3) is 0 Å². The van der Waals surface area contributed by atoms with Gasteiger partial charge >= 0.3 is 0 Å². The van der Waals surface area contributed by atoms with E-state index >= 15 is 0 Å². The van der Waals surface area contributed by atoms with Gasteiger partial charge in [-0.3, -0.25) is 4.79 Å². The van der Waals surface area contributed by atoms with E-state index in [1.54, 1.807) is 32.4 Å². The number of nitrogens with two attached hydrogens (primary N) is 1. The van der Waals surface area contributed by atoms with E-state index in [4.69, 9.17) is 9.47 Å². The van der Waals surface area contributed by atoms with Gasteiger partial charge in [0.15, 0.2) is 6.04 Å². The second kappa shape index (κ2) is 9.75. The van der Waals surface area contributed by atoms with Crippen molar-refractivity contribution in [2.24, 2.45) is 0 Å². The Morgan fingerprint density at radius 2 is 1.45 bits per heavy atom. The first kappa shape index (κ1) is 20.4. The molecule has 1 atom stereocenters. The molecule has 0 unspecified atom stereocenters. The van der Waals surface area contributed by atoms with E-state index in [0.29, 0.717) is 17.2 Å². The van der Waals surface area contributed by atoms with Gasteiger partial charge in [0.1, 0.15) is 17.5 Å². The van der Waals surface area contributed by atoms with E-state index < -0.39 is 0 Å². The van der Waals surface area contributed by atoms with E-state index in [2.05, 4.69) is 34.9 Å². The normalized spacial score (nSPS) is 11.7. The van der Waals surface area contributed by atoms with Gasteiger partial charge in [-0.15, -0.1) is 0 Å². The van der Waals surface area contributed by atoms with Gasteiger partial charge in [0.2, 0.25) is 0 Å². The Hall–Kier alpha value is -3.31. The van der Waals surface area contributed by atoms with Gasteiger partial charge in [-0.1, -0.05) is 60.7 Å². The summed E-state index contributed by atoms with van der Waals surface area (Å²) in [4.78, 5) is 12.9. The molecular formula is C24H27N2O3+. The van der Waals surface area contributed by atoms with Gasteiger partial charge in [0, 0.05) is 17.2 Å². The van der Waals surface area contributed by atoms with E-state index in [-0.39, 0.29) is 18.0 Å². The third-order valence-corrected chi connectivity index (χ3v) is 4.88.